The van der Waals surface area contributed by atoms with E-state index >= 15 is 0 Å². The fourth-order valence-electron chi connectivity index (χ4n) is 9.89. The van der Waals surface area contributed by atoms with Crippen LogP contribution in [0.4, 0.5) is 0 Å². The fourth-order valence-corrected chi connectivity index (χ4v) is 9.89. The van der Waals surface area contributed by atoms with E-state index in [-0.39, 0.29) is 51.2 Å². The Morgan fingerprint density at radius 3 is 2.05 bits per heavy atom. The van der Waals surface area contributed by atoms with Gasteiger partial charge < -0.3 is 40.5 Å². The Morgan fingerprint density at radius 1 is 0.821 bits per heavy atom. The molecule has 5 fully saturated rings. The second-order valence-electron chi connectivity index (χ2n) is 17.6. The molecule has 3 unspecified atom stereocenters. The van der Waals surface area contributed by atoms with Crippen molar-refractivity contribution in [1.82, 2.24) is 20.4 Å². The van der Waals surface area contributed by atoms with Crippen molar-refractivity contribution in [2.75, 3.05) is 26.2 Å². The summed E-state index contributed by atoms with van der Waals surface area (Å²) in [6.07, 6.45) is 11.9. The predicted molar refractivity (Wildman–Crippen MR) is 203 cm³/mol. The first-order valence-electron chi connectivity index (χ1n) is 21.2. The van der Waals surface area contributed by atoms with Crippen LogP contribution in [0, 0.1) is 35.5 Å². The largest absolute Gasteiger partial charge is 0.481 e. The Hall–Kier alpha value is -3.75. The average molecular weight is 789 g/mol. The third kappa shape index (κ3) is 11.2. The normalized spacial score (nSPS) is 27.1. The number of nitrogens with one attached hydrogen (secondary N) is 2. The van der Waals surface area contributed by atoms with Gasteiger partial charge in [-0.1, -0.05) is 65.2 Å². The maximum absolute atomic E-state index is 14.6. The third-order valence-corrected chi connectivity index (χ3v) is 13.4. The van der Waals surface area contributed by atoms with Gasteiger partial charge >= 0.3 is 17.9 Å². The standard InChI is InChI=1S/C41H64N4O11/c1-25(2)36(42-37(51)31(27-9-4-3-5-10-27)22-33(46)44(19-15-34(47)48)20-16-35(49)50)39(53)45-23-29(21-32(45)38(52)43-41(17-18-41)40(54)55)56-24-28-13-8-12-26-11-6-7-14-30(26)28/h25-32,36H,3-24H2,1-2H3,(H,42,51)(H,43,52)(H,47,48)(H,49,50)(H,54,55)/t26?,28?,29-,30?,31+,32+,36+/m1/s1. The predicted octanol–water partition coefficient (Wildman–Crippen LogP) is 3.82. The molecule has 15 nitrogen and oxygen atoms in total. The molecule has 5 N–H and O–H groups in total. The highest BCUT2D eigenvalue weighted by atomic mass is 16.5. The zero-order valence-corrected chi connectivity index (χ0v) is 33.3. The van der Waals surface area contributed by atoms with E-state index in [2.05, 4.69) is 10.6 Å². The number of aliphatic carboxylic acids is 3. The number of carboxylic acid groups (broad SMARTS) is 3. The molecule has 0 radical (unpaired) electrons. The number of ether oxygens (including phenoxy) is 1. The van der Waals surface area contributed by atoms with Gasteiger partial charge in [-0.3, -0.25) is 28.8 Å². The molecule has 7 atom stereocenters. The molecular formula is C41H64N4O11. The summed E-state index contributed by atoms with van der Waals surface area (Å²) in [6.45, 7) is 3.84. The summed E-state index contributed by atoms with van der Waals surface area (Å²) in [6, 6.07) is -2.06. The molecule has 4 amide bonds. The zero-order chi connectivity index (χ0) is 40.6. The average Bonchev–Trinajstić information content (AvgIpc) is 3.83. The molecule has 1 saturated heterocycles. The van der Waals surface area contributed by atoms with Gasteiger partial charge in [-0.05, 0) is 68.1 Å². The summed E-state index contributed by atoms with van der Waals surface area (Å²) in [5, 5.41) is 34.0. The fraction of sp³-hybridized carbons (Fsp3) is 0.829. The summed E-state index contributed by atoms with van der Waals surface area (Å²) in [4.78, 5) is 93.7. The van der Waals surface area contributed by atoms with Crippen LogP contribution in [0.5, 0.6) is 0 Å². The van der Waals surface area contributed by atoms with Gasteiger partial charge in [-0.2, -0.15) is 0 Å². The zero-order valence-electron chi connectivity index (χ0n) is 33.3. The van der Waals surface area contributed by atoms with E-state index in [1.807, 2.05) is 0 Å². The molecule has 1 heterocycles. The maximum atomic E-state index is 14.6. The van der Waals surface area contributed by atoms with Crippen molar-refractivity contribution in [3.05, 3.63) is 0 Å². The minimum atomic E-state index is -1.35. The second kappa shape index (κ2) is 19.6. The van der Waals surface area contributed by atoms with Crippen LogP contribution in [0.1, 0.15) is 129 Å². The molecular weight excluding hydrogens is 724 g/mol. The minimum Gasteiger partial charge on any atom is -0.481 e. The van der Waals surface area contributed by atoms with Crippen LogP contribution in [0.3, 0.4) is 0 Å². The van der Waals surface area contributed by atoms with Gasteiger partial charge in [-0.25, -0.2) is 4.79 Å². The van der Waals surface area contributed by atoms with E-state index in [1.165, 1.54) is 48.3 Å². The number of hydrogen-bond acceptors (Lipinski definition) is 8. The van der Waals surface area contributed by atoms with Gasteiger partial charge in [0.25, 0.3) is 0 Å². The highest BCUT2D eigenvalue weighted by Crippen LogP contribution is 2.44. The second-order valence-corrected chi connectivity index (χ2v) is 17.6. The number of nitrogens with zero attached hydrogens (tertiary/aromatic N) is 2. The monoisotopic (exact) mass is 788 g/mol. The van der Waals surface area contributed by atoms with Gasteiger partial charge in [0.2, 0.25) is 23.6 Å². The molecule has 5 rings (SSSR count). The molecule has 0 aromatic rings. The summed E-state index contributed by atoms with van der Waals surface area (Å²) in [7, 11) is 0. The number of amides is 4. The van der Waals surface area contributed by atoms with Crippen LogP contribution in [-0.4, -0.2) is 117 Å². The van der Waals surface area contributed by atoms with Crippen LogP contribution in [0.2, 0.25) is 0 Å². The molecule has 5 aliphatic rings. The van der Waals surface area contributed by atoms with Crippen LogP contribution in [0.15, 0.2) is 0 Å². The third-order valence-electron chi connectivity index (χ3n) is 13.4. The number of carbonyl (C=O) groups excluding carboxylic acids is 4. The highest BCUT2D eigenvalue weighted by molar-refractivity contribution is 5.96. The van der Waals surface area contributed by atoms with Crippen molar-refractivity contribution in [3.63, 3.8) is 0 Å². The molecule has 4 aliphatic carbocycles. The first kappa shape index (κ1) is 43.4. The van der Waals surface area contributed by atoms with Crippen molar-refractivity contribution >= 4 is 41.5 Å². The quantitative estimate of drug-likeness (QED) is 0.127. The maximum Gasteiger partial charge on any atom is 0.329 e. The Morgan fingerprint density at radius 2 is 1.45 bits per heavy atom. The summed E-state index contributed by atoms with van der Waals surface area (Å²) < 4.78 is 6.53. The number of hydrogen-bond donors (Lipinski definition) is 5. The number of fused-ring (bicyclic) bond motifs is 1. The van der Waals surface area contributed by atoms with Gasteiger partial charge in [0, 0.05) is 38.4 Å². The summed E-state index contributed by atoms with van der Waals surface area (Å²) in [5.41, 5.74) is -1.35. The van der Waals surface area contributed by atoms with Crippen molar-refractivity contribution < 1.29 is 53.6 Å². The Bertz CT molecular complexity index is 1420. The molecule has 0 aromatic carbocycles. The number of likely N-dealkylation sites (tertiary alicyclic amines) is 1. The Kier molecular flexibility index (Phi) is 15.2. The summed E-state index contributed by atoms with van der Waals surface area (Å²) in [5.74, 6) is -5.13. The topological polar surface area (TPSA) is 220 Å². The minimum absolute atomic E-state index is 0.115. The van der Waals surface area contributed by atoms with E-state index in [0.717, 1.165) is 31.6 Å². The SMILES string of the molecule is CC(C)[C@H](NC(=O)[C@@H](CC(=O)N(CCC(=O)O)CCC(=O)O)C1CCCCC1)C(=O)N1C[C@H](OCC2CCCC3CCCCC32)C[C@H]1C(=O)NC1(C(=O)O)CC1. The lowest BCUT2D eigenvalue weighted by Gasteiger charge is -2.41. The lowest BCUT2D eigenvalue weighted by Crippen LogP contribution is -2.58. The molecule has 0 spiro atoms. The van der Waals surface area contributed by atoms with E-state index in [9.17, 15) is 48.9 Å². The number of rotatable bonds is 19. The van der Waals surface area contributed by atoms with Crippen LogP contribution in [0.25, 0.3) is 0 Å². The Balaban J connectivity index is 1.32. The number of carbonyl (C=O) groups is 7. The summed E-state index contributed by atoms with van der Waals surface area (Å²) >= 11 is 0. The van der Waals surface area contributed by atoms with Crippen molar-refractivity contribution in [2.24, 2.45) is 35.5 Å². The molecule has 15 heteroatoms. The van der Waals surface area contributed by atoms with Crippen LogP contribution >= 0.6 is 0 Å². The van der Waals surface area contributed by atoms with E-state index in [1.54, 1.807) is 13.8 Å². The van der Waals surface area contributed by atoms with Gasteiger partial charge in [0.1, 0.15) is 17.6 Å². The molecule has 56 heavy (non-hydrogen) atoms. The Labute approximate surface area is 330 Å². The first-order valence-corrected chi connectivity index (χ1v) is 21.2. The van der Waals surface area contributed by atoms with E-state index in [4.69, 9.17) is 4.74 Å². The van der Waals surface area contributed by atoms with E-state index in [0.29, 0.717) is 44.1 Å². The lowest BCUT2D eigenvalue weighted by molar-refractivity contribution is -0.146. The van der Waals surface area contributed by atoms with Crippen molar-refractivity contribution in [1.29, 1.82) is 0 Å². The first-order chi connectivity index (χ1) is 26.7. The van der Waals surface area contributed by atoms with Gasteiger partial charge in [-0.15, -0.1) is 0 Å². The molecule has 0 bridgehead atoms. The van der Waals surface area contributed by atoms with Crippen LogP contribution in [-0.2, 0) is 38.3 Å². The van der Waals surface area contributed by atoms with E-state index < -0.39 is 77.1 Å². The molecule has 1 aliphatic heterocycles. The molecule has 0 aromatic heterocycles. The lowest BCUT2D eigenvalue weighted by atomic mass is 9.66. The molecule has 4 saturated carbocycles. The van der Waals surface area contributed by atoms with Crippen LogP contribution < -0.4 is 10.6 Å². The highest BCUT2D eigenvalue weighted by Gasteiger charge is 2.54. The number of carboxylic acids is 3. The van der Waals surface area contributed by atoms with Crippen molar-refractivity contribution in [3.8, 4) is 0 Å². The van der Waals surface area contributed by atoms with Gasteiger partial charge in [0.15, 0.2) is 0 Å². The molecule has 314 valence electrons. The van der Waals surface area contributed by atoms with Gasteiger partial charge in [0.05, 0.1) is 25.6 Å². The smallest absolute Gasteiger partial charge is 0.329 e. The van der Waals surface area contributed by atoms with Crippen molar-refractivity contribution in [2.45, 2.75) is 153 Å².